The predicted molar refractivity (Wildman–Crippen MR) is 96.9 cm³/mol. The third kappa shape index (κ3) is 4.74. The SMILES string of the molecule is CC(=O)c1ccc(NC(=O)[C@H](C)Sc2c(Cl)cccc2Cl)cc1. The summed E-state index contributed by atoms with van der Waals surface area (Å²) in [6, 6.07) is 12.0. The molecule has 1 N–H and O–H groups in total. The molecule has 0 fully saturated rings. The second-order valence-corrected chi connectivity index (χ2v) is 7.10. The molecule has 2 aromatic rings. The minimum Gasteiger partial charge on any atom is -0.325 e. The van der Waals surface area contributed by atoms with Crippen LogP contribution in [0.3, 0.4) is 0 Å². The summed E-state index contributed by atoms with van der Waals surface area (Å²) in [5.74, 6) is -0.179. The highest BCUT2D eigenvalue weighted by atomic mass is 35.5. The fraction of sp³-hybridized carbons (Fsp3) is 0.176. The molecule has 120 valence electrons. The molecule has 0 bridgehead atoms. The zero-order valence-electron chi connectivity index (χ0n) is 12.6. The van der Waals surface area contributed by atoms with Crippen LogP contribution in [0.4, 0.5) is 5.69 Å². The van der Waals surface area contributed by atoms with Gasteiger partial charge in [0.25, 0.3) is 0 Å². The van der Waals surface area contributed by atoms with Crippen LogP contribution in [0.15, 0.2) is 47.4 Å². The first-order valence-electron chi connectivity index (χ1n) is 6.91. The van der Waals surface area contributed by atoms with Crippen LogP contribution in [0, 0.1) is 0 Å². The number of amides is 1. The van der Waals surface area contributed by atoms with E-state index in [4.69, 9.17) is 23.2 Å². The molecule has 2 rings (SSSR count). The van der Waals surface area contributed by atoms with Crippen LogP contribution in [-0.4, -0.2) is 16.9 Å². The van der Waals surface area contributed by atoms with E-state index in [0.717, 1.165) is 0 Å². The Hall–Kier alpha value is -1.49. The molecule has 0 unspecified atom stereocenters. The van der Waals surface area contributed by atoms with Crippen molar-refractivity contribution >= 4 is 52.3 Å². The number of carbonyl (C=O) groups excluding carboxylic acids is 2. The van der Waals surface area contributed by atoms with E-state index in [1.54, 1.807) is 49.4 Å². The van der Waals surface area contributed by atoms with E-state index >= 15 is 0 Å². The Kier molecular flexibility index (Phi) is 6.10. The summed E-state index contributed by atoms with van der Waals surface area (Å²) in [6.45, 7) is 3.28. The number of ketones is 1. The van der Waals surface area contributed by atoms with Gasteiger partial charge in [-0.05, 0) is 50.2 Å². The Balaban J connectivity index is 2.04. The zero-order valence-corrected chi connectivity index (χ0v) is 14.9. The molecule has 0 aromatic heterocycles. The van der Waals surface area contributed by atoms with Gasteiger partial charge in [0.05, 0.1) is 15.3 Å². The summed E-state index contributed by atoms with van der Waals surface area (Å²) < 4.78 is 0. The minimum absolute atomic E-state index is 0.0137. The minimum atomic E-state index is -0.375. The van der Waals surface area contributed by atoms with E-state index in [9.17, 15) is 9.59 Å². The standard InChI is InChI=1S/C17H15Cl2NO2S/c1-10(21)12-6-8-13(9-7-12)20-17(22)11(2)23-16-14(18)4-3-5-15(16)19/h3-9,11H,1-2H3,(H,20,22)/t11-/m0/s1. The molecule has 1 amide bonds. The van der Waals surface area contributed by atoms with Gasteiger partial charge in [-0.15, -0.1) is 11.8 Å². The Morgan fingerprint density at radius 1 is 1.04 bits per heavy atom. The maximum Gasteiger partial charge on any atom is 0.237 e. The van der Waals surface area contributed by atoms with E-state index < -0.39 is 0 Å². The molecule has 0 aliphatic carbocycles. The van der Waals surface area contributed by atoms with E-state index in [1.165, 1.54) is 18.7 Å². The van der Waals surface area contributed by atoms with Gasteiger partial charge in [0.15, 0.2) is 5.78 Å². The lowest BCUT2D eigenvalue weighted by molar-refractivity contribution is -0.115. The average molecular weight is 368 g/mol. The first kappa shape index (κ1) is 17.9. The molecule has 0 heterocycles. The lowest BCUT2D eigenvalue weighted by atomic mass is 10.1. The van der Waals surface area contributed by atoms with Crippen LogP contribution in [0.1, 0.15) is 24.2 Å². The van der Waals surface area contributed by atoms with Crippen molar-refractivity contribution in [2.24, 2.45) is 0 Å². The number of Topliss-reactive ketones (excluding diaryl/α,β-unsaturated/α-hetero) is 1. The number of thioether (sulfide) groups is 1. The third-order valence-corrected chi connectivity index (χ3v) is 5.24. The molecule has 0 radical (unpaired) electrons. The van der Waals surface area contributed by atoms with Crippen LogP contribution < -0.4 is 5.32 Å². The summed E-state index contributed by atoms with van der Waals surface area (Å²) in [4.78, 5) is 24.2. The molecule has 0 saturated carbocycles. The lowest BCUT2D eigenvalue weighted by Crippen LogP contribution is -2.22. The average Bonchev–Trinajstić information content (AvgIpc) is 2.51. The Labute approximate surface area is 149 Å². The van der Waals surface area contributed by atoms with Crippen LogP contribution in [0.5, 0.6) is 0 Å². The molecule has 0 aliphatic rings. The van der Waals surface area contributed by atoms with Crippen LogP contribution in [0.25, 0.3) is 0 Å². The molecule has 2 aromatic carbocycles. The molecular formula is C17H15Cl2NO2S. The van der Waals surface area contributed by atoms with Crippen LogP contribution in [0.2, 0.25) is 10.0 Å². The highest BCUT2D eigenvalue weighted by Gasteiger charge is 2.18. The number of rotatable bonds is 5. The highest BCUT2D eigenvalue weighted by molar-refractivity contribution is 8.00. The Morgan fingerprint density at radius 2 is 1.61 bits per heavy atom. The maximum absolute atomic E-state index is 12.3. The van der Waals surface area contributed by atoms with E-state index in [2.05, 4.69) is 5.32 Å². The number of carbonyl (C=O) groups is 2. The van der Waals surface area contributed by atoms with Gasteiger partial charge in [-0.3, -0.25) is 9.59 Å². The predicted octanol–water partition coefficient (Wildman–Crippen LogP) is 5.32. The Bertz CT molecular complexity index is 712. The fourth-order valence-corrected chi connectivity index (χ4v) is 3.40. The zero-order chi connectivity index (χ0) is 17.0. The van der Waals surface area contributed by atoms with Crippen LogP contribution in [-0.2, 0) is 4.79 Å². The summed E-state index contributed by atoms with van der Waals surface area (Å²) in [6.07, 6.45) is 0. The van der Waals surface area contributed by atoms with Crippen molar-refractivity contribution in [2.75, 3.05) is 5.32 Å². The smallest absolute Gasteiger partial charge is 0.237 e. The molecule has 0 saturated heterocycles. The lowest BCUT2D eigenvalue weighted by Gasteiger charge is -2.14. The normalized spacial score (nSPS) is 11.8. The molecule has 0 spiro atoms. The van der Waals surface area contributed by atoms with Gasteiger partial charge in [0.2, 0.25) is 5.91 Å². The first-order valence-corrected chi connectivity index (χ1v) is 8.54. The number of nitrogens with one attached hydrogen (secondary N) is 1. The van der Waals surface area contributed by atoms with Gasteiger partial charge >= 0.3 is 0 Å². The fourth-order valence-electron chi connectivity index (χ4n) is 1.86. The van der Waals surface area contributed by atoms with Gasteiger partial charge in [-0.2, -0.15) is 0 Å². The summed E-state index contributed by atoms with van der Waals surface area (Å²) in [7, 11) is 0. The quantitative estimate of drug-likeness (QED) is 0.574. The molecule has 0 aliphatic heterocycles. The van der Waals surface area contributed by atoms with Crippen molar-refractivity contribution in [1.29, 1.82) is 0 Å². The second kappa shape index (κ2) is 7.86. The largest absolute Gasteiger partial charge is 0.325 e. The summed E-state index contributed by atoms with van der Waals surface area (Å²) in [5, 5.41) is 3.48. The molecule has 6 heteroatoms. The first-order chi connectivity index (χ1) is 10.9. The number of anilines is 1. The number of hydrogen-bond donors (Lipinski definition) is 1. The van der Waals surface area contributed by atoms with E-state index in [0.29, 0.717) is 26.2 Å². The maximum atomic E-state index is 12.3. The van der Waals surface area contributed by atoms with Crippen molar-refractivity contribution < 1.29 is 9.59 Å². The van der Waals surface area contributed by atoms with Gasteiger partial charge in [0, 0.05) is 16.1 Å². The summed E-state index contributed by atoms with van der Waals surface area (Å²) in [5.41, 5.74) is 1.24. The summed E-state index contributed by atoms with van der Waals surface area (Å²) >= 11 is 13.5. The van der Waals surface area contributed by atoms with Gasteiger partial charge < -0.3 is 5.32 Å². The number of halogens is 2. The molecular weight excluding hydrogens is 353 g/mol. The van der Waals surface area contributed by atoms with Crippen molar-refractivity contribution in [3.8, 4) is 0 Å². The molecule has 3 nitrogen and oxygen atoms in total. The van der Waals surface area contributed by atoms with Gasteiger partial charge in [0.1, 0.15) is 0 Å². The third-order valence-electron chi connectivity index (χ3n) is 3.14. The molecule has 23 heavy (non-hydrogen) atoms. The van der Waals surface area contributed by atoms with E-state index in [1.807, 2.05) is 0 Å². The van der Waals surface area contributed by atoms with Gasteiger partial charge in [-0.25, -0.2) is 0 Å². The number of benzene rings is 2. The monoisotopic (exact) mass is 367 g/mol. The van der Waals surface area contributed by atoms with Crippen LogP contribution >= 0.6 is 35.0 Å². The van der Waals surface area contributed by atoms with Crippen molar-refractivity contribution in [3.63, 3.8) is 0 Å². The van der Waals surface area contributed by atoms with Gasteiger partial charge in [-0.1, -0.05) is 29.3 Å². The Morgan fingerprint density at radius 3 is 2.13 bits per heavy atom. The topological polar surface area (TPSA) is 46.2 Å². The highest BCUT2D eigenvalue weighted by Crippen LogP contribution is 2.36. The van der Waals surface area contributed by atoms with E-state index in [-0.39, 0.29) is 16.9 Å². The van der Waals surface area contributed by atoms with Crippen molar-refractivity contribution in [1.82, 2.24) is 0 Å². The molecule has 1 atom stereocenters. The van der Waals surface area contributed by atoms with Crippen molar-refractivity contribution in [2.45, 2.75) is 24.0 Å². The second-order valence-electron chi connectivity index (χ2n) is 4.93. The number of hydrogen-bond acceptors (Lipinski definition) is 3. The van der Waals surface area contributed by atoms with Crippen molar-refractivity contribution in [3.05, 3.63) is 58.1 Å².